The molecule has 8 heteroatoms. The number of carbonyl (C=O) groups is 3. The second kappa shape index (κ2) is 10.1. The van der Waals surface area contributed by atoms with Crippen LogP contribution in [-0.2, 0) is 19.1 Å². The third-order valence-electron chi connectivity index (χ3n) is 7.47. The molecule has 0 radical (unpaired) electrons. The number of aliphatic carboxylic acids is 1. The summed E-state index contributed by atoms with van der Waals surface area (Å²) in [6.45, 7) is 1.82. The molecule has 2 atom stereocenters. The standard InChI is InChI=1S/C27H30N2O6/c30-25(29-12-9-17(10-13-29)26(31)32)24-18(11-14-34-24)15-28-27(33)35-16-23-21-7-3-1-5-19(21)20-6-2-4-8-22(20)23/h1-8,17-18,23-24H,9-16H2,(H,28,33)(H,31,32). The van der Waals surface area contributed by atoms with Gasteiger partial charge in [0.15, 0.2) is 0 Å². The molecule has 0 spiro atoms. The Balaban J connectivity index is 1.13. The molecule has 2 amide bonds. The van der Waals surface area contributed by atoms with Gasteiger partial charge >= 0.3 is 12.1 Å². The third-order valence-corrected chi connectivity index (χ3v) is 7.47. The van der Waals surface area contributed by atoms with Gasteiger partial charge in [0.25, 0.3) is 5.91 Å². The first-order valence-electron chi connectivity index (χ1n) is 12.2. The van der Waals surface area contributed by atoms with Crippen molar-refractivity contribution in [2.75, 3.05) is 32.8 Å². The fraction of sp³-hybridized carbons (Fsp3) is 0.444. The number of carboxylic acid groups (broad SMARTS) is 1. The summed E-state index contributed by atoms with van der Waals surface area (Å²) in [7, 11) is 0. The predicted octanol–water partition coefficient (Wildman–Crippen LogP) is 3.25. The zero-order valence-electron chi connectivity index (χ0n) is 19.5. The maximum absolute atomic E-state index is 13.0. The first-order chi connectivity index (χ1) is 17.0. The molecule has 2 aromatic carbocycles. The Labute approximate surface area is 204 Å². The third kappa shape index (κ3) is 4.75. The van der Waals surface area contributed by atoms with Gasteiger partial charge in [-0.3, -0.25) is 9.59 Å². The minimum absolute atomic E-state index is 0.00831. The van der Waals surface area contributed by atoms with E-state index < -0.39 is 24.1 Å². The molecule has 5 rings (SSSR count). The van der Waals surface area contributed by atoms with Gasteiger partial charge in [-0.05, 0) is 41.5 Å². The van der Waals surface area contributed by atoms with Gasteiger partial charge in [0, 0.05) is 38.1 Å². The van der Waals surface area contributed by atoms with Crippen molar-refractivity contribution in [1.82, 2.24) is 10.2 Å². The SMILES string of the molecule is O=C(NCC1CCOC1C(=O)N1CCC(C(=O)O)CC1)OCC1c2ccccc2-c2ccccc21. The van der Waals surface area contributed by atoms with Gasteiger partial charge < -0.3 is 24.8 Å². The number of alkyl carbamates (subject to hydrolysis) is 1. The van der Waals surface area contributed by atoms with Crippen molar-refractivity contribution in [3.05, 3.63) is 59.7 Å². The lowest BCUT2D eigenvalue weighted by molar-refractivity contribution is -0.149. The summed E-state index contributed by atoms with van der Waals surface area (Å²) in [6.07, 6.45) is 0.455. The van der Waals surface area contributed by atoms with Crippen molar-refractivity contribution in [2.24, 2.45) is 11.8 Å². The minimum atomic E-state index is -0.806. The number of ether oxygens (including phenoxy) is 2. The van der Waals surface area contributed by atoms with E-state index in [1.165, 1.54) is 11.1 Å². The molecule has 35 heavy (non-hydrogen) atoms. The smallest absolute Gasteiger partial charge is 0.407 e. The molecule has 2 aliphatic heterocycles. The Kier molecular flexibility index (Phi) is 6.72. The van der Waals surface area contributed by atoms with Gasteiger partial charge in [-0.2, -0.15) is 0 Å². The maximum atomic E-state index is 13.0. The monoisotopic (exact) mass is 478 g/mol. The molecule has 2 unspecified atom stereocenters. The van der Waals surface area contributed by atoms with Crippen LogP contribution in [0.2, 0.25) is 0 Å². The molecule has 2 N–H and O–H groups in total. The van der Waals surface area contributed by atoms with E-state index in [0.717, 1.165) is 11.1 Å². The molecule has 3 aliphatic rings. The zero-order chi connectivity index (χ0) is 24.4. The lowest BCUT2D eigenvalue weighted by Gasteiger charge is -2.33. The van der Waals surface area contributed by atoms with Crippen LogP contribution in [0.15, 0.2) is 48.5 Å². The van der Waals surface area contributed by atoms with Crippen molar-refractivity contribution < 1.29 is 29.0 Å². The number of carboxylic acids is 1. The van der Waals surface area contributed by atoms with Crippen LogP contribution in [0.3, 0.4) is 0 Å². The van der Waals surface area contributed by atoms with E-state index in [9.17, 15) is 14.4 Å². The highest BCUT2D eigenvalue weighted by Gasteiger charge is 2.39. The number of fused-ring (bicyclic) bond motifs is 3. The Morgan fingerprint density at radius 3 is 2.23 bits per heavy atom. The Morgan fingerprint density at radius 1 is 0.971 bits per heavy atom. The summed E-state index contributed by atoms with van der Waals surface area (Å²) >= 11 is 0. The number of carbonyl (C=O) groups excluding carboxylic acids is 2. The number of piperidine rings is 1. The van der Waals surface area contributed by atoms with Crippen molar-refractivity contribution in [3.63, 3.8) is 0 Å². The van der Waals surface area contributed by atoms with Gasteiger partial charge in [-0.1, -0.05) is 48.5 Å². The van der Waals surface area contributed by atoms with Gasteiger partial charge in [0.1, 0.15) is 12.7 Å². The summed E-state index contributed by atoms with van der Waals surface area (Å²) in [4.78, 5) is 38.4. The van der Waals surface area contributed by atoms with E-state index in [1.807, 2.05) is 24.3 Å². The quantitative estimate of drug-likeness (QED) is 0.660. The molecular weight excluding hydrogens is 448 g/mol. The summed E-state index contributed by atoms with van der Waals surface area (Å²) in [5.41, 5.74) is 4.66. The number of nitrogens with zero attached hydrogens (tertiary/aromatic N) is 1. The number of hydrogen-bond acceptors (Lipinski definition) is 5. The molecule has 0 saturated carbocycles. The minimum Gasteiger partial charge on any atom is -0.481 e. The fourth-order valence-electron chi connectivity index (χ4n) is 5.51. The van der Waals surface area contributed by atoms with E-state index in [4.69, 9.17) is 14.6 Å². The lowest BCUT2D eigenvalue weighted by atomic mass is 9.95. The molecule has 0 aromatic heterocycles. The zero-order valence-corrected chi connectivity index (χ0v) is 19.5. The lowest BCUT2D eigenvalue weighted by Crippen LogP contribution is -2.48. The molecule has 2 aromatic rings. The van der Waals surface area contributed by atoms with Crippen LogP contribution < -0.4 is 5.32 Å². The summed E-state index contributed by atoms with van der Waals surface area (Å²) in [5, 5.41) is 12.0. The van der Waals surface area contributed by atoms with Crippen molar-refractivity contribution >= 4 is 18.0 Å². The first kappa shape index (κ1) is 23.4. The van der Waals surface area contributed by atoms with Crippen LogP contribution in [0.25, 0.3) is 11.1 Å². The van der Waals surface area contributed by atoms with Crippen LogP contribution in [0, 0.1) is 11.8 Å². The highest BCUT2D eigenvalue weighted by molar-refractivity contribution is 5.82. The van der Waals surface area contributed by atoms with Crippen LogP contribution in [0.1, 0.15) is 36.3 Å². The first-order valence-corrected chi connectivity index (χ1v) is 12.2. The van der Waals surface area contributed by atoms with Gasteiger partial charge in [0.2, 0.25) is 0 Å². The number of benzene rings is 2. The van der Waals surface area contributed by atoms with Crippen molar-refractivity contribution in [2.45, 2.75) is 31.3 Å². The summed E-state index contributed by atoms with van der Waals surface area (Å²) in [5.74, 6) is -1.47. The molecule has 0 bridgehead atoms. The van der Waals surface area contributed by atoms with Crippen LogP contribution in [0.5, 0.6) is 0 Å². The highest BCUT2D eigenvalue weighted by atomic mass is 16.5. The molecule has 184 valence electrons. The maximum Gasteiger partial charge on any atom is 0.407 e. The molecule has 2 heterocycles. The van der Waals surface area contributed by atoms with Crippen LogP contribution >= 0.6 is 0 Å². The van der Waals surface area contributed by atoms with E-state index in [0.29, 0.717) is 45.5 Å². The number of rotatable bonds is 6. The fourth-order valence-corrected chi connectivity index (χ4v) is 5.51. The van der Waals surface area contributed by atoms with Crippen LogP contribution in [-0.4, -0.2) is 66.9 Å². The Morgan fingerprint density at radius 2 is 1.60 bits per heavy atom. The van der Waals surface area contributed by atoms with Gasteiger partial charge in [-0.25, -0.2) is 4.79 Å². The normalized spacial score (nSPS) is 21.9. The van der Waals surface area contributed by atoms with Gasteiger partial charge in [0.05, 0.1) is 5.92 Å². The van der Waals surface area contributed by atoms with Crippen molar-refractivity contribution in [3.8, 4) is 11.1 Å². The van der Waals surface area contributed by atoms with Crippen molar-refractivity contribution in [1.29, 1.82) is 0 Å². The van der Waals surface area contributed by atoms with Gasteiger partial charge in [-0.15, -0.1) is 0 Å². The molecule has 2 fully saturated rings. The summed E-state index contributed by atoms with van der Waals surface area (Å²) in [6, 6.07) is 16.4. The largest absolute Gasteiger partial charge is 0.481 e. The highest BCUT2D eigenvalue weighted by Crippen LogP contribution is 2.44. The average molecular weight is 479 g/mol. The van der Waals surface area contributed by atoms with E-state index >= 15 is 0 Å². The summed E-state index contributed by atoms with van der Waals surface area (Å²) < 4.78 is 11.3. The topological polar surface area (TPSA) is 105 Å². The van der Waals surface area contributed by atoms with E-state index in [1.54, 1.807) is 4.90 Å². The molecule has 8 nitrogen and oxygen atoms in total. The predicted molar refractivity (Wildman–Crippen MR) is 128 cm³/mol. The van der Waals surface area contributed by atoms with Crippen LogP contribution in [0.4, 0.5) is 4.79 Å². The Hall–Kier alpha value is -3.39. The number of likely N-dealkylation sites (tertiary alicyclic amines) is 1. The number of amides is 2. The molecule has 2 saturated heterocycles. The van der Waals surface area contributed by atoms with E-state index in [-0.39, 0.29) is 24.3 Å². The number of hydrogen-bond donors (Lipinski definition) is 2. The van der Waals surface area contributed by atoms with E-state index in [2.05, 4.69) is 29.6 Å². The number of nitrogens with one attached hydrogen (secondary N) is 1. The molecule has 1 aliphatic carbocycles. The molecular formula is C27H30N2O6. The second-order valence-corrected chi connectivity index (χ2v) is 9.48. The Bertz CT molecular complexity index is 1060. The second-order valence-electron chi connectivity index (χ2n) is 9.48. The average Bonchev–Trinajstić information content (AvgIpc) is 3.48.